The van der Waals surface area contributed by atoms with Gasteiger partial charge in [0.15, 0.2) is 0 Å². The van der Waals surface area contributed by atoms with Crippen LogP contribution in [-0.4, -0.2) is 24.4 Å². The lowest BCUT2D eigenvalue weighted by Gasteiger charge is -2.40. The highest BCUT2D eigenvalue weighted by molar-refractivity contribution is 5.06. The largest absolute Gasteiger partial charge is 0.371 e. The summed E-state index contributed by atoms with van der Waals surface area (Å²) in [7, 11) is 0. The van der Waals surface area contributed by atoms with E-state index >= 15 is 0 Å². The number of ether oxygens (including phenoxy) is 2. The molecule has 2 fully saturated rings. The SMILES string of the molecule is CC(C)=CCOC(C)(C)C1CCCC[C@]12CO2. The van der Waals surface area contributed by atoms with Crippen molar-refractivity contribution in [2.75, 3.05) is 13.2 Å². The van der Waals surface area contributed by atoms with E-state index in [4.69, 9.17) is 9.47 Å². The van der Waals surface area contributed by atoms with E-state index in [1.165, 1.54) is 31.3 Å². The third-order valence-electron chi connectivity index (χ3n) is 4.28. The molecular weight excluding hydrogens is 212 g/mol. The van der Waals surface area contributed by atoms with Crippen molar-refractivity contribution in [2.45, 2.75) is 64.6 Å². The highest BCUT2D eigenvalue weighted by atomic mass is 16.6. The van der Waals surface area contributed by atoms with Gasteiger partial charge in [0.05, 0.1) is 24.4 Å². The molecule has 0 radical (unpaired) electrons. The number of hydrogen-bond acceptors (Lipinski definition) is 2. The molecule has 1 saturated carbocycles. The highest BCUT2D eigenvalue weighted by Gasteiger charge is 2.57. The standard InChI is InChI=1S/C15H26O2/c1-12(2)8-10-16-14(3,4)13-7-5-6-9-15(13)11-17-15/h8,13H,5-7,9-11H2,1-4H3/t13?,15-/m0/s1. The van der Waals surface area contributed by atoms with Crippen LogP contribution in [0, 0.1) is 5.92 Å². The summed E-state index contributed by atoms with van der Waals surface area (Å²) in [6.45, 7) is 10.4. The topological polar surface area (TPSA) is 21.8 Å². The molecule has 0 aromatic rings. The molecule has 2 heteroatoms. The molecule has 1 aliphatic heterocycles. The molecule has 1 aliphatic carbocycles. The smallest absolute Gasteiger partial charge is 0.0971 e. The maximum absolute atomic E-state index is 6.10. The minimum atomic E-state index is -0.0666. The summed E-state index contributed by atoms with van der Waals surface area (Å²) in [5.41, 5.74) is 1.43. The quantitative estimate of drug-likeness (QED) is 0.550. The lowest BCUT2D eigenvalue weighted by atomic mass is 9.71. The average molecular weight is 238 g/mol. The van der Waals surface area contributed by atoms with Crippen LogP contribution in [-0.2, 0) is 9.47 Å². The number of hydrogen-bond donors (Lipinski definition) is 0. The van der Waals surface area contributed by atoms with E-state index in [0.717, 1.165) is 13.2 Å². The van der Waals surface area contributed by atoms with Gasteiger partial charge >= 0.3 is 0 Å². The molecule has 17 heavy (non-hydrogen) atoms. The molecule has 0 aromatic heterocycles. The Balaban J connectivity index is 1.96. The van der Waals surface area contributed by atoms with E-state index in [2.05, 4.69) is 33.8 Å². The molecule has 2 rings (SSSR count). The summed E-state index contributed by atoms with van der Waals surface area (Å²) < 4.78 is 11.9. The highest BCUT2D eigenvalue weighted by Crippen LogP contribution is 2.51. The van der Waals surface area contributed by atoms with Gasteiger partial charge in [0.1, 0.15) is 0 Å². The number of allylic oxidation sites excluding steroid dienone is 1. The molecule has 0 bridgehead atoms. The Morgan fingerprint density at radius 2 is 2.12 bits per heavy atom. The third-order valence-corrected chi connectivity index (χ3v) is 4.28. The molecular formula is C15H26O2. The zero-order valence-corrected chi connectivity index (χ0v) is 11.7. The molecule has 2 nitrogen and oxygen atoms in total. The molecule has 0 aromatic carbocycles. The fourth-order valence-corrected chi connectivity index (χ4v) is 3.15. The molecule has 2 atom stereocenters. The van der Waals surface area contributed by atoms with Crippen LogP contribution in [0.5, 0.6) is 0 Å². The monoisotopic (exact) mass is 238 g/mol. The zero-order valence-electron chi connectivity index (χ0n) is 11.7. The summed E-state index contributed by atoms with van der Waals surface area (Å²) in [4.78, 5) is 0. The fraction of sp³-hybridized carbons (Fsp3) is 0.867. The molecule has 1 spiro atoms. The maximum atomic E-state index is 6.10. The van der Waals surface area contributed by atoms with Crippen LogP contribution in [0.25, 0.3) is 0 Å². The van der Waals surface area contributed by atoms with Crippen molar-refractivity contribution in [2.24, 2.45) is 5.92 Å². The molecule has 1 heterocycles. The Bertz CT molecular complexity index is 296. The van der Waals surface area contributed by atoms with Crippen LogP contribution < -0.4 is 0 Å². The molecule has 1 unspecified atom stereocenters. The second-order valence-corrected chi connectivity index (χ2v) is 6.35. The normalized spacial score (nSPS) is 32.6. The zero-order chi connectivity index (χ0) is 12.5. The van der Waals surface area contributed by atoms with Crippen molar-refractivity contribution in [1.82, 2.24) is 0 Å². The minimum absolute atomic E-state index is 0.0666. The van der Waals surface area contributed by atoms with E-state index in [1.807, 2.05) is 0 Å². The van der Waals surface area contributed by atoms with Gasteiger partial charge in [0.25, 0.3) is 0 Å². The Hall–Kier alpha value is -0.340. The van der Waals surface area contributed by atoms with Gasteiger partial charge in [-0.05, 0) is 40.5 Å². The molecule has 0 amide bonds. The van der Waals surface area contributed by atoms with Crippen molar-refractivity contribution in [3.05, 3.63) is 11.6 Å². The second-order valence-electron chi connectivity index (χ2n) is 6.35. The van der Waals surface area contributed by atoms with Gasteiger partial charge in [-0.1, -0.05) is 24.5 Å². The lowest BCUT2D eigenvalue weighted by molar-refractivity contribution is -0.0842. The maximum Gasteiger partial charge on any atom is 0.0971 e. The van der Waals surface area contributed by atoms with Gasteiger partial charge in [-0.25, -0.2) is 0 Å². The van der Waals surface area contributed by atoms with Crippen molar-refractivity contribution in [3.63, 3.8) is 0 Å². The van der Waals surface area contributed by atoms with Crippen LogP contribution >= 0.6 is 0 Å². The van der Waals surface area contributed by atoms with Crippen molar-refractivity contribution < 1.29 is 9.47 Å². The van der Waals surface area contributed by atoms with Gasteiger partial charge in [-0.3, -0.25) is 0 Å². The molecule has 2 aliphatic rings. The lowest BCUT2D eigenvalue weighted by Crippen LogP contribution is -2.45. The van der Waals surface area contributed by atoms with Crippen molar-refractivity contribution in [1.29, 1.82) is 0 Å². The Labute approximate surface area is 105 Å². The van der Waals surface area contributed by atoms with Gasteiger partial charge in [0, 0.05) is 5.92 Å². The second kappa shape index (κ2) is 4.74. The predicted molar refractivity (Wildman–Crippen MR) is 70.1 cm³/mol. The Kier molecular flexibility index (Phi) is 3.65. The average Bonchev–Trinajstić information content (AvgIpc) is 2.97. The Morgan fingerprint density at radius 1 is 1.41 bits per heavy atom. The van der Waals surface area contributed by atoms with E-state index < -0.39 is 0 Å². The first-order valence-corrected chi connectivity index (χ1v) is 6.88. The van der Waals surface area contributed by atoms with Crippen LogP contribution in [0.4, 0.5) is 0 Å². The first-order chi connectivity index (χ1) is 7.96. The third kappa shape index (κ3) is 2.92. The minimum Gasteiger partial charge on any atom is -0.371 e. The summed E-state index contributed by atoms with van der Waals surface area (Å²) in [6, 6.07) is 0. The van der Waals surface area contributed by atoms with Gasteiger partial charge in [-0.2, -0.15) is 0 Å². The number of epoxide rings is 1. The van der Waals surface area contributed by atoms with Crippen LogP contribution in [0.1, 0.15) is 53.4 Å². The molecule has 98 valence electrons. The van der Waals surface area contributed by atoms with Gasteiger partial charge in [0.2, 0.25) is 0 Å². The predicted octanol–water partition coefficient (Wildman–Crippen LogP) is 3.71. The van der Waals surface area contributed by atoms with E-state index in [-0.39, 0.29) is 11.2 Å². The Morgan fingerprint density at radius 3 is 2.71 bits per heavy atom. The first-order valence-electron chi connectivity index (χ1n) is 6.88. The summed E-state index contributed by atoms with van der Waals surface area (Å²) in [5.74, 6) is 0.564. The summed E-state index contributed by atoms with van der Waals surface area (Å²) in [6.07, 6.45) is 7.28. The van der Waals surface area contributed by atoms with Crippen LogP contribution in [0.3, 0.4) is 0 Å². The first kappa shape index (κ1) is 13.1. The fourth-order valence-electron chi connectivity index (χ4n) is 3.15. The van der Waals surface area contributed by atoms with Crippen LogP contribution in [0.15, 0.2) is 11.6 Å². The van der Waals surface area contributed by atoms with Gasteiger partial charge in [-0.15, -0.1) is 0 Å². The van der Waals surface area contributed by atoms with E-state index in [9.17, 15) is 0 Å². The summed E-state index contributed by atoms with van der Waals surface area (Å²) >= 11 is 0. The number of rotatable bonds is 4. The molecule has 0 N–H and O–H groups in total. The van der Waals surface area contributed by atoms with Crippen LogP contribution in [0.2, 0.25) is 0 Å². The summed E-state index contributed by atoms with van der Waals surface area (Å²) in [5, 5.41) is 0. The van der Waals surface area contributed by atoms with E-state index in [0.29, 0.717) is 5.92 Å². The van der Waals surface area contributed by atoms with E-state index in [1.54, 1.807) is 0 Å². The van der Waals surface area contributed by atoms with Crippen molar-refractivity contribution >= 4 is 0 Å². The van der Waals surface area contributed by atoms with Crippen molar-refractivity contribution in [3.8, 4) is 0 Å². The molecule has 1 saturated heterocycles. The van der Waals surface area contributed by atoms with Gasteiger partial charge < -0.3 is 9.47 Å².